The lowest BCUT2D eigenvalue weighted by atomic mass is 10.1. The number of anilines is 1. The fourth-order valence-corrected chi connectivity index (χ4v) is 5.88. The average molecular weight is 611 g/mol. The largest absolute Gasteiger partial charge is 0.352 e. The van der Waals surface area contributed by atoms with Crippen molar-refractivity contribution in [1.82, 2.24) is 10.2 Å². The van der Waals surface area contributed by atoms with Crippen LogP contribution in [0.5, 0.6) is 0 Å². The number of sulfonamides is 1. The highest BCUT2D eigenvalue weighted by Gasteiger charge is 2.33. The monoisotopic (exact) mass is 609 g/mol. The molecule has 1 atom stereocenters. The Hall–Kier alpha value is -2.78. The van der Waals surface area contributed by atoms with Crippen LogP contribution in [0.1, 0.15) is 31.9 Å². The van der Waals surface area contributed by atoms with Crippen molar-refractivity contribution in [3.63, 3.8) is 0 Å². The van der Waals surface area contributed by atoms with E-state index in [1.165, 1.54) is 35.2 Å². The second-order valence-corrected chi connectivity index (χ2v) is 12.5. The molecule has 11 heteroatoms. The summed E-state index contributed by atoms with van der Waals surface area (Å²) in [5.74, 6) is -1.02. The number of amides is 2. The molecule has 3 aromatic carbocycles. The third-order valence-corrected chi connectivity index (χ3v) is 8.66. The van der Waals surface area contributed by atoms with Crippen LogP contribution in [0.15, 0.2) is 71.6 Å². The van der Waals surface area contributed by atoms with Gasteiger partial charge in [0, 0.05) is 22.6 Å². The molecule has 0 aliphatic heterocycles. The summed E-state index contributed by atoms with van der Waals surface area (Å²) in [7, 11) is -4.27. The molecule has 2 amide bonds. The lowest BCUT2D eigenvalue weighted by molar-refractivity contribution is -0.139. The number of hydrogen-bond donors (Lipinski definition) is 1. The Morgan fingerprint density at radius 1 is 0.897 bits per heavy atom. The number of benzene rings is 3. The third kappa shape index (κ3) is 7.66. The van der Waals surface area contributed by atoms with Crippen LogP contribution in [-0.2, 0) is 26.2 Å². The molecule has 208 valence electrons. The van der Waals surface area contributed by atoms with Crippen molar-refractivity contribution in [3.05, 3.63) is 92.9 Å². The molecule has 0 aromatic heterocycles. The van der Waals surface area contributed by atoms with Crippen LogP contribution < -0.4 is 9.62 Å². The standard InChI is InChI=1S/C28H30Cl3N3O4S/c1-18(2)32-28(36)20(4)33(16-21-7-5-6-8-24(21)30)27(35)17-34(26-15-22(29)11-14-25(26)31)39(37,38)23-12-9-19(3)10-13-23/h5-15,18,20H,16-17H2,1-4H3,(H,32,36)/t20-/m0/s1. The van der Waals surface area contributed by atoms with Crippen molar-refractivity contribution in [3.8, 4) is 0 Å². The lowest BCUT2D eigenvalue weighted by Crippen LogP contribution is -2.52. The van der Waals surface area contributed by atoms with Crippen LogP contribution in [0.3, 0.4) is 0 Å². The van der Waals surface area contributed by atoms with Crippen LogP contribution >= 0.6 is 34.8 Å². The van der Waals surface area contributed by atoms with Crippen molar-refractivity contribution in [1.29, 1.82) is 0 Å². The second kappa shape index (κ2) is 13.0. The molecule has 0 fully saturated rings. The van der Waals surface area contributed by atoms with Gasteiger partial charge in [-0.2, -0.15) is 0 Å². The first kappa shape index (κ1) is 30.8. The fourth-order valence-electron chi connectivity index (χ4n) is 3.83. The van der Waals surface area contributed by atoms with Gasteiger partial charge in [0.05, 0.1) is 15.6 Å². The van der Waals surface area contributed by atoms with Gasteiger partial charge in [-0.3, -0.25) is 13.9 Å². The van der Waals surface area contributed by atoms with Crippen LogP contribution in [0.2, 0.25) is 15.1 Å². The van der Waals surface area contributed by atoms with E-state index in [2.05, 4.69) is 5.32 Å². The van der Waals surface area contributed by atoms with E-state index in [0.29, 0.717) is 10.6 Å². The fraction of sp³-hybridized carbons (Fsp3) is 0.286. The van der Waals surface area contributed by atoms with Crippen LogP contribution in [0.25, 0.3) is 0 Å². The van der Waals surface area contributed by atoms with Crippen molar-refractivity contribution in [2.75, 3.05) is 10.8 Å². The molecule has 0 aliphatic rings. The van der Waals surface area contributed by atoms with Crippen LogP contribution in [0.4, 0.5) is 5.69 Å². The maximum absolute atomic E-state index is 13.9. The molecular weight excluding hydrogens is 581 g/mol. The van der Waals surface area contributed by atoms with Crippen LogP contribution in [-0.4, -0.2) is 43.8 Å². The number of nitrogens with one attached hydrogen (secondary N) is 1. The molecule has 0 radical (unpaired) electrons. The maximum atomic E-state index is 13.9. The predicted molar refractivity (Wildman–Crippen MR) is 157 cm³/mol. The van der Waals surface area contributed by atoms with E-state index >= 15 is 0 Å². The van der Waals surface area contributed by atoms with Gasteiger partial charge >= 0.3 is 0 Å². The zero-order valence-corrected chi connectivity index (χ0v) is 25.1. The molecule has 0 bridgehead atoms. The highest BCUT2D eigenvalue weighted by Crippen LogP contribution is 2.33. The maximum Gasteiger partial charge on any atom is 0.264 e. The van der Waals surface area contributed by atoms with Gasteiger partial charge in [-0.05, 0) is 69.7 Å². The topological polar surface area (TPSA) is 86.8 Å². The van der Waals surface area contributed by atoms with Crippen molar-refractivity contribution < 1.29 is 18.0 Å². The third-order valence-electron chi connectivity index (χ3n) is 5.96. The summed E-state index contributed by atoms with van der Waals surface area (Å²) < 4.78 is 28.7. The number of nitrogens with zero attached hydrogens (tertiary/aromatic N) is 2. The van der Waals surface area contributed by atoms with Crippen molar-refractivity contribution in [2.45, 2.75) is 51.2 Å². The van der Waals surface area contributed by atoms with Crippen molar-refractivity contribution in [2.24, 2.45) is 0 Å². The van der Waals surface area contributed by atoms with E-state index in [1.54, 1.807) is 43.3 Å². The predicted octanol–water partition coefficient (Wildman–Crippen LogP) is 6.09. The summed E-state index contributed by atoms with van der Waals surface area (Å²) in [6.07, 6.45) is 0. The van der Waals surface area contributed by atoms with Gasteiger partial charge in [-0.15, -0.1) is 0 Å². The molecule has 1 N–H and O–H groups in total. The summed E-state index contributed by atoms with van der Waals surface area (Å²) in [5.41, 5.74) is 1.51. The van der Waals surface area contributed by atoms with Gasteiger partial charge in [0.1, 0.15) is 12.6 Å². The molecule has 0 aliphatic carbocycles. The number of aryl methyl sites for hydroxylation is 1. The van der Waals surface area contributed by atoms with E-state index in [9.17, 15) is 18.0 Å². The highest BCUT2D eigenvalue weighted by atomic mass is 35.5. The number of hydrogen-bond acceptors (Lipinski definition) is 4. The Kier molecular flexibility index (Phi) is 10.3. The Labute approximate surface area is 244 Å². The molecule has 3 aromatic rings. The lowest BCUT2D eigenvalue weighted by Gasteiger charge is -2.32. The number of halogens is 3. The van der Waals surface area contributed by atoms with Gasteiger partial charge < -0.3 is 10.2 Å². The highest BCUT2D eigenvalue weighted by molar-refractivity contribution is 7.92. The molecule has 39 heavy (non-hydrogen) atoms. The average Bonchev–Trinajstić information content (AvgIpc) is 2.87. The smallest absolute Gasteiger partial charge is 0.264 e. The van der Waals surface area contributed by atoms with Gasteiger partial charge in [-0.25, -0.2) is 8.42 Å². The number of carbonyl (C=O) groups excluding carboxylic acids is 2. The first-order valence-electron chi connectivity index (χ1n) is 12.2. The van der Waals surface area contributed by atoms with Gasteiger partial charge in [0.15, 0.2) is 0 Å². The molecule has 0 saturated heterocycles. The summed E-state index contributed by atoms with van der Waals surface area (Å²) in [6, 6.07) is 16.4. The Bertz CT molecular complexity index is 1450. The minimum Gasteiger partial charge on any atom is -0.352 e. The molecule has 0 saturated carbocycles. The molecule has 7 nitrogen and oxygen atoms in total. The first-order chi connectivity index (χ1) is 18.3. The Balaban J connectivity index is 2.09. The minimum atomic E-state index is -4.27. The van der Waals surface area contributed by atoms with E-state index < -0.39 is 28.5 Å². The van der Waals surface area contributed by atoms with E-state index in [4.69, 9.17) is 34.8 Å². The zero-order chi connectivity index (χ0) is 28.9. The Morgan fingerprint density at radius 3 is 2.15 bits per heavy atom. The molecular formula is C28H30Cl3N3O4S. The van der Waals surface area contributed by atoms with Crippen molar-refractivity contribution >= 4 is 62.3 Å². The summed E-state index contributed by atoms with van der Waals surface area (Å²) in [4.78, 5) is 28.2. The second-order valence-electron chi connectivity index (χ2n) is 9.37. The van der Waals surface area contributed by atoms with Crippen LogP contribution in [0, 0.1) is 6.92 Å². The summed E-state index contributed by atoms with van der Waals surface area (Å²) in [5, 5.41) is 3.54. The van der Waals surface area contributed by atoms with E-state index in [-0.39, 0.29) is 39.1 Å². The Morgan fingerprint density at radius 2 is 1.54 bits per heavy atom. The summed E-state index contributed by atoms with van der Waals surface area (Å²) >= 11 is 19.0. The normalized spacial score (nSPS) is 12.2. The summed E-state index contributed by atoms with van der Waals surface area (Å²) in [6.45, 7) is 6.37. The van der Waals surface area contributed by atoms with E-state index in [1.807, 2.05) is 20.8 Å². The zero-order valence-electron chi connectivity index (χ0n) is 22.0. The number of carbonyl (C=O) groups is 2. The van der Waals surface area contributed by atoms with Gasteiger partial charge in [0.25, 0.3) is 10.0 Å². The van der Waals surface area contributed by atoms with Gasteiger partial charge in [-0.1, -0.05) is 70.7 Å². The number of rotatable bonds is 10. The molecule has 0 unspecified atom stereocenters. The minimum absolute atomic E-state index is 0.0209. The van der Waals surface area contributed by atoms with Gasteiger partial charge in [0.2, 0.25) is 11.8 Å². The quantitative estimate of drug-likeness (QED) is 0.301. The van der Waals surface area contributed by atoms with E-state index in [0.717, 1.165) is 9.87 Å². The molecule has 0 spiro atoms. The molecule has 0 heterocycles. The SMILES string of the molecule is Cc1ccc(S(=O)(=O)N(CC(=O)N(Cc2ccccc2Cl)[C@@H](C)C(=O)NC(C)C)c2cc(Cl)ccc2Cl)cc1. The molecule has 3 rings (SSSR count). The first-order valence-corrected chi connectivity index (χ1v) is 14.8.